The number of hydrogen-bond acceptors (Lipinski definition) is 4. The SMILES string of the molecule is CCN(CC)c1ccc([C@H](c2ccc(OC(F)(F)F)cc2)N2CCNCC2)cc1. The molecule has 2 aromatic rings. The molecule has 0 spiro atoms. The summed E-state index contributed by atoms with van der Waals surface area (Å²) in [5.41, 5.74) is 3.26. The van der Waals surface area contributed by atoms with Gasteiger partial charge in [-0.25, -0.2) is 0 Å². The summed E-state index contributed by atoms with van der Waals surface area (Å²) in [6, 6.07) is 14.7. The van der Waals surface area contributed by atoms with E-state index in [1.807, 2.05) is 0 Å². The highest BCUT2D eigenvalue weighted by molar-refractivity contribution is 5.49. The van der Waals surface area contributed by atoms with Gasteiger partial charge in [0.05, 0.1) is 6.04 Å². The fraction of sp³-hybridized carbons (Fsp3) is 0.455. The average Bonchev–Trinajstić information content (AvgIpc) is 2.71. The van der Waals surface area contributed by atoms with Crippen molar-refractivity contribution >= 4 is 5.69 Å². The monoisotopic (exact) mass is 407 g/mol. The fourth-order valence-corrected chi connectivity index (χ4v) is 3.86. The van der Waals surface area contributed by atoms with Crippen LogP contribution in [0, 0.1) is 0 Å². The van der Waals surface area contributed by atoms with Crippen molar-refractivity contribution in [2.45, 2.75) is 26.3 Å². The molecule has 158 valence electrons. The molecule has 7 heteroatoms. The van der Waals surface area contributed by atoms with Crippen LogP contribution in [0.25, 0.3) is 0 Å². The summed E-state index contributed by atoms with van der Waals surface area (Å²) >= 11 is 0. The Kier molecular flexibility index (Phi) is 7.03. The lowest BCUT2D eigenvalue weighted by molar-refractivity contribution is -0.274. The quantitative estimate of drug-likeness (QED) is 0.735. The maximum Gasteiger partial charge on any atom is 0.573 e. The molecule has 4 nitrogen and oxygen atoms in total. The van der Waals surface area contributed by atoms with E-state index >= 15 is 0 Å². The second-order valence-electron chi connectivity index (χ2n) is 7.07. The van der Waals surface area contributed by atoms with Crippen LogP contribution in [0.2, 0.25) is 0 Å². The Morgan fingerprint density at radius 1 is 0.931 bits per heavy atom. The summed E-state index contributed by atoms with van der Waals surface area (Å²) < 4.78 is 41.5. The zero-order valence-corrected chi connectivity index (χ0v) is 16.9. The minimum absolute atomic E-state index is 0.0113. The van der Waals surface area contributed by atoms with Crippen LogP contribution >= 0.6 is 0 Å². The second-order valence-corrected chi connectivity index (χ2v) is 7.07. The molecule has 1 N–H and O–H groups in total. The van der Waals surface area contributed by atoms with Gasteiger partial charge in [0.15, 0.2) is 0 Å². The van der Waals surface area contributed by atoms with E-state index in [0.717, 1.165) is 50.4 Å². The number of anilines is 1. The van der Waals surface area contributed by atoms with E-state index in [4.69, 9.17) is 0 Å². The number of ether oxygens (including phenoxy) is 1. The third kappa shape index (κ3) is 5.64. The van der Waals surface area contributed by atoms with Crippen LogP contribution in [0.3, 0.4) is 0 Å². The molecule has 0 bridgehead atoms. The van der Waals surface area contributed by atoms with Gasteiger partial charge in [0.2, 0.25) is 0 Å². The normalized spacial score (nSPS) is 16.4. The summed E-state index contributed by atoms with van der Waals surface area (Å²) in [6.07, 6.45) is -4.68. The van der Waals surface area contributed by atoms with Crippen molar-refractivity contribution in [2.24, 2.45) is 0 Å². The first-order valence-corrected chi connectivity index (χ1v) is 10.1. The predicted octanol–water partition coefficient (Wildman–Crippen LogP) is 4.43. The average molecular weight is 407 g/mol. The topological polar surface area (TPSA) is 27.7 Å². The minimum Gasteiger partial charge on any atom is -0.406 e. The standard InChI is InChI=1S/C22H28F3N3O/c1-3-27(4-2)19-9-5-17(6-10-19)21(28-15-13-26-14-16-28)18-7-11-20(12-8-18)29-22(23,24)25/h5-12,21,26H,3-4,13-16H2,1-2H3/t21-/m1/s1. The van der Waals surface area contributed by atoms with Gasteiger partial charge in [-0.15, -0.1) is 13.2 Å². The molecule has 29 heavy (non-hydrogen) atoms. The van der Waals surface area contributed by atoms with Crippen molar-refractivity contribution in [1.82, 2.24) is 10.2 Å². The maximum absolute atomic E-state index is 12.5. The number of nitrogens with zero attached hydrogens (tertiary/aromatic N) is 2. The first kappa shape index (κ1) is 21.5. The highest BCUT2D eigenvalue weighted by Gasteiger charge is 2.31. The van der Waals surface area contributed by atoms with Gasteiger partial charge in [-0.2, -0.15) is 0 Å². The van der Waals surface area contributed by atoms with Crippen LogP contribution in [-0.2, 0) is 0 Å². The van der Waals surface area contributed by atoms with Gasteiger partial charge >= 0.3 is 6.36 Å². The lowest BCUT2D eigenvalue weighted by Crippen LogP contribution is -2.45. The molecule has 1 atom stereocenters. The minimum atomic E-state index is -4.68. The van der Waals surface area contributed by atoms with Gasteiger partial charge in [-0.1, -0.05) is 24.3 Å². The lowest BCUT2D eigenvalue weighted by atomic mass is 9.96. The van der Waals surface area contributed by atoms with Gasteiger partial charge in [0.25, 0.3) is 0 Å². The van der Waals surface area contributed by atoms with Crippen molar-refractivity contribution < 1.29 is 17.9 Å². The van der Waals surface area contributed by atoms with Crippen molar-refractivity contribution in [2.75, 3.05) is 44.2 Å². The second kappa shape index (κ2) is 9.50. The zero-order valence-electron chi connectivity index (χ0n) is 16.9. The molecule has 1 aliphatic heterocycles. The van der Waals surface area contributed by atoms with Gasteiger partial charge < -0.3 is 15.0 Å². The Hall–Kier alpha value is -2.25. The fourth-order valence-electron chi connectivity index (χ4n) is 3.86. The Labute approximate surface area is 170 Å². The largest absolute Gasteiger partial charge is 0.573 e. The molecule has 3 rings (SSSR count). The van der Waals surface area contributed by atoms with E-state index in [0.29, 0.717) is 0 Å². The molecule has 1 heterocycles. The Morgan fingerprint density at radius 3 is 1.93 bits per heavy atom. The highest BCUT2D eigenvalue weighted by Crippen LogP contribution is 2.32. The Balaban J connectivity index is 1.89. The number of hydrogen-bond donors (Lipinski definition) is 1. The number of alkyl halides is 3. The van der Waals surface area contributed by atoms with Gasteiger partial charge in [0, 0.05) is 45.0 Å². The number of piperazine rings is 1. The molecule has 2 aromatic carbocycles. The molecule has 0 aromatic heterocycles. The first-order valence-electron chi connectivity index (χ1n) is 10.1. The number of nitrogens with one attached hydrogen (secondary N) is 1. The summed E-state index contributed by atoms with van der Waals surface area (Å²) in [7, 11) is 0. The molecule has 1 fully saturated rings. The van der Waals surface area contributed by atoms with Crippen LogP contribution in [0.1, 0.15) is 31.0 Å². The Morgan fingerprint density at radius 2 is 1.45 bits per heavy atom. The molecule has 0 radical (unpaired) electrons. The molecule has 0 amide bonds. The van der Waals surface area contributed by atoms with Crippen LogP contribution < -0.4 is 15.0 Å². The first-order chi connectivity index (χ1) is 13.9. The molecule has 0 unspecified atom stereocenters. The number of benzene rings is 2. The summed E-state index contributed by atoms with van der Waals surface area (Å²) in [5.74, 6) is -0.197. The molecular formula is C22H28F3N3O. The zero-order chi connectivity index (χ0) is 20.9. The third-order valence-electron chi connectivity index (χ3n) is 5.28. The lowest BCUT2D eigenvalue weighted by Gasteiger charge is -2.36. The summed E-state index contributed by atoms with van der Waals surface area (Å²) in [4.78, 5) is 4.65. The van der Waals surface area contributed by atoms with Crippen molar-refractivity contribution in [3.8, 4) is 5.75 Å². The third-order valence-corrected chi connectivity index (χ3v) is 5.28. The number of rotatable bonds is 7. The van der Waals surface area contributed by atoms with E-state index in [1.54, 1.807) is 12.1 Å². The van der Waals surface area contributed by atoms with Crippen LogP contribution in [-0.4, -0.2) is 50.5 Å². The van der Waals surface area contributed by atoms with Crippen molar-refractivity contribution in [3.63, 3.8) is 0 Å². The van der Waals surface area contributed by atoms with Crippen LogP contribution in [0.4, 0.5) is 18.9 Å². The highest BCUT2D eigenvalue weighted by atomic mass is 19.4. The molecule has 1 aliphatic rings. The molecule has 0 aliphatic carbocycles. The van der Waals surface area contributed by atoms with E-state index in [-0.39, 0.29) is 11.8 Å². The molecule has 1 saturated heterocycles. The van der Waals surface area contributed by atoms with Gasteiger partial charge in [-0.05, 0) is 49.2 Å². The Bertz CT molecular complexity index is 752. The van der Waals surface area contributed by atoms with E-state index < -0.39 is 6.36 Å². The van der Waals surface area contributed by atoms with Crippen molar-refractivity contribution in [1.29, 1.82) is 0 Å². The summed E-state index contributed by atoms with van der Waals surface area (Å²) in [6.45, 7) is 9.69. The van der Waals surface area contributed by atoms with E-state index in [9.17, 15) is 13.2 Å². The van der Waals surface area contributed by atoms with Crippen LogP contribution in [0.5, 0.6) is 5.75 Å². The van der Waals surface area contributed by atoms with Gasteiger partial charge in [-0.3, -0.25) is 4.90 Å². The maximum atomic E-state index is 12.5. The molecule has 0 saturated carbocycles. The van der Waals surface area contributed by atoms with Gasteiger partial charge in [0.1, 0.15) is 5.75 Å². The van der Waals surface area contributed by atoms with E-state index in [2.05, 4.69) is 58.0 Å². The number of halogens is 3. The predicted molar refractivity (Wildman–Crippen MR) is 109 cm³/mol. The molecular weight excluding hydrogens is 379 g/mol. The van der Waals surface area contributed by atoms with E-state index in [1.165, 1.54) is 17.8 Å². The smallest absolute Gasteiger partial charge is 0.406 e. The summed E-state index contributed by atoms with van der Waals surface area (Å²) in [5, 5.41) is 3.35. The van der Waals surface area contributed by atoms with Crippen molar-refractivity contribution in [3.05, 3.63) is 59.7 Å². The van der Waals surface area contributed by atoms with Crippen LogP contribution in [0.15, 0.2) is 48.5 Å².